The third kappa shape index (κ3) is 3.83. The quantitative estimate of drug-likeness (QED) is 0.840. The third-order valence-electron chi connectivity index (χ3n) is 3.48. The molecule has 0 radical (unpaired) electrons. The van der Waals surface area contributed by atoms with E-state index >= 15 is 0 Å². The molecule has 0 saturated carbocycles. The summed E-state index contributed by atoms with van der Waals surface area (Å²) in [7, 11) is -3.66. The lowest BCUT2D eigenvalue weighted by Gasteiger charge is -2.22. The normalized spacial score (nSPS) is 11.9. The highest BCUT2D eigenvalue weighted by atomic mass is 32.2. The Morgan fingerprint density at radius 3 is 2.29 bits per heavy atom. The maximum Gasteiger partial charge on any atom is 0.335 e. The second-order valence-electron chi connectivity index (χ2n) is 5.09. The number of hydrogen-bond donors (Lipinski definition) is 1. The lowest BCUT2D eigenvalue weighted by molar-refractivity contribution is 0.0696. The predicted octanol–water partition coefficient (Wildman–Crippen LogP) is 2.81. The van der Waals surface area contributed by atoms with Crippen molar-refractivity contribution in [3.05, 3.63) is 28.8 Å². The number of nitrogens with zero attached hydrogens (tertiary/aromatic N) is 1. The number of benzene rings is 1. The van der Waals surface area contributed by atoms with Crippen LogP contribution in [0.15, 0.2) is 17.0 Å². The predicted molar refractivity (Wildman–Crippen MR) is 82.2 cm³/mol. The van der Waals surface area contributed by atoms with Crippen molar-refractivity contribution in [1.82, 2.24) is 4.31 Å². The van der Waals surface area contributed by atoms with Gasteiger partial charge in [-0.2, -0.15) is 4.31 Å². The Kier molecular flexibility index (Phi) is 5.92. The van der Waals surface area contributed by atoms with E-state index in [0.29, 0.717) is 24.2 Å². The maximum atomic E-state index is 12.7. The van der Waals surface area contributed by atoms with E-state index in [9.17, 15) is 18.3 Å². The van der Waals surface area contributed by atoms with Crippen LogP contribution >= 0.6 is 0 Å². The van der Waals surface area contributed by atoms with E-state index in [1.54, 1.807) is 26.8 Å². The SMILES string of the molecule is CCCCN(CC)S(=O)(=O)c1cc(C(=O)O)c(C)cc1C. The van der Waals surface area contributed by atoms with Crippen LogP contribution in [0.2, 0.25) is 0 Å². The van der Waals surface area contributed by atoms with E-state index in [1.165, 1.54) is 10.4 Å². The van der Waals surface area contributed by atoms with Crippen molar-refractivity contribution in [3.8, 4) is 0 Å². The maximum absolute atomic E-state index is 12.7. The first-order chi connectivity index (χ1) is 9.75. The highest BCUT2D eigenvalue weighted by Gasteiger charge is 2.26. The van der Waals surface area contributed by atoms with Gasteiger partial charge in [-0.05, 0) is 37.5 Å². The molecule has 0 aliphatic carbocycles. The molecule has 1 N–H and O–H groups in total. The molecule has 0 unspecified atom stereocenters. The molecule has 0 aliphatic rings. The number of carbonyl (C=O) groups is 1. The first-order valence-electron chi connectivity index (χ1n) is 7.10. The second-order valence-corrected chi connectivity index (χ2v) is 6.99. The summed E-state index contributed by atoms with van der Waals surface area (Å²) in [5.41, 5.74) is 1.17. The largest absolute Gasteiger partial charge is 0.478 e. The summed E-state index contributed by atoms with van der Waals surface area (Å²) in [5.74, 6) is -1.11. The minimum atomic E-state index is -3.66. The molecule has 0 bridgehead atoms. The number of hydrogen-bond acceptors (Lipinski definition) is 3. The fraction of sp³-hybridized carbons (Fsp3) is 0.533. The van der Waals surface area contributed by atoms with Crippen LogP contribution in [0.4, 0.5) is 0 Å². The minimum absolute atomic E-state index is 0.0331. The third-order valence-corrected chi connectivity index (χ3v) is 5.60. The van der Waals surface area contributed by atoms with Crippen molar-refractivity contribution >= 4 is 16.0 Å². The van der Waals surface area contributed by atoms with Crippen LogP contribution in [0, 0.1) is 13.8 Å². The number of aromatic carboxylic acids is 1. The summed E-state index contributed by atoms with van der Waals surface area (Å²) in [6.45, 7) is 7.97. The monoisotopic (exact) mass is 313 g/mol. The molecule has 1 aromatic rings. The van der Waals surface area contributed by atoms with Crippen LogP contribution in [-0.2, 0) is 10.0 Å². The van der Waals surface area contributed by atoms with Crippen molar-refractivity contribution in [2.45, 2.75) is 45.4 Å². The summed E-state index contributed by atoms with van der Waals surface area (Å²) in [6, 6.07) is 2.89. The van der Waals surface area contributed by atoms with Gasteiger partial charge in [0.2, 0.25) is 10.0 Å². The molecule has 0 aliphatic heterocycles. The lowest BCUT2D eigenvalue weighted by Crippen LogP contribution is -2.32. The van der Waals surface area contributed by atoms with E-state index < -0.39 is 16.0 Å². The molecule has 5 nitrogen and oxygen atoms in total. The van der Waals surface area contributed by atoms with Crippen molar-refractivity contribution in [2.75, 3.05) is 13.1 Å². The molecule has 6 heteroatoms. The highest BCUT2D eigenvalue weighted by Crippen LogP contribution is 2.24. The van der Waals surface area contributed by atoms with Crippen molar-refractivity contribution in [1.29, 1.82) is 0 Å². The van der Waals surface area contributed by atoms with Crippen LogP contribution in [0.3, 0.4) is 0 Å². The van der Waals surface area contributed by atoms with Crippen LogP contribution < -0.4 is 0 Å². The van der Waals surface area contributed by atoms with E-state index in [4.69, 9.17) is 0 Å². The summed E-state index contributed by atoms with van der Waals surface area (Å²) in [4.78, 5) is 11.3. The summed E-state index contributed by atoms with van der Waals surface area (Å²) in [6.07, 6.45) is 1.68. The summed E-state index contributed by atoms with van der Waals surface area (Å²) < 4.78 is 26.8. The molecule has 0 atom stereocenters. The molecule has 21 heavy (non-hydrogen) atoms. The zero-order valence-corrected chi connectivity index (χ0v) is 13.8. The fourth-order valence-corrected chi connectivity index (χ4v) is 3.98. The Balaban J connectivity index is 3.36. The molecule has 0 fully saturated rings. The molecule has 1 aromatic carbocycles. The van der Waals surface area contributed by atoms with Gasteiger partial charge < -0.3 is 5.11 Å². The zero-order chi connectivity index (χ0) is 16.2. The summed E-state index contributed by atoms with van der Waals surface area (Å²) >= 11 is 0. The average Bonchev–Trinajstić information content (AvgIpc) is 2.38. The Hall–Kier alpha value is -1.40. The fourth-order valence-electron chi connectivity index (χ4n) is 2.26. The smallest absolute Gasteiger partial charge is 0.335 e. The van der Waals surface area contributed by atoms with Crippen LogP contribution in [0.5, 0.6) is 0 Å². The molecule has 118 valence electrons. The van der Waals surface area contributed by atoms with Crippen LogP contribution in [0.1, 0.15) is 48.2 Å². The van der Waals surface area contributed by atoms with Gasteiger partial charge in [-0.1, -0.05) is 26.3 Å². The number of carboxylic acids is 1. The first-order valence-corrected chi connectivity index (χ1v) is 8.54. The van der Waals surface area contributed by atoms with Crippen LogP contribution in [-0.4, -0.2) is 36.9 Å². The molecule has 0 spiro atoms. The topological polar surface area (TPSA) is 74.7 Å². The van der Waals surface area contributed by atoms with Gasteiger partial charge in [0.05, 0.1) is 10.5 Å². The Labute approximate surface area is 126 Å². The lowest BCUT2D eigenvalue weighted by atomic mass is 10.1. The second kappa shape index (κ2) is 7.04. The molecule has 0 amide bonds. The van der Waals surface area contributed by atoms with Gasteiger partial charge in [0.1, 0.15) is 0 Å². The Morgan fingerprint density at radius 1 is 1.19 bits per heavy atom. The Morgan fingerprint density at radius 2 is 1.81 bits per heavy atom. The number of aryl methyl sites for hydroxylation is 2. The molecule has 0 aromatic heterocycles. The number of unbranched alkanes of at least 4 members (excludes halogenated alkanes) is 1. The highest BCUT2D eigenvalue weighted by molar-refractivity contribution is 7.89. The van der Waals surface area contributed by atoms with Crippen molar-refractivity contribution in [3.63, 3.8) is 0 Å². The molecule has 1 rings (SSSR count). The van der Waals surface area contributed by atoms with Gasteiger partial charge in [0.15, 0.2) is 0 Å². The van der Waals surface area contributed by atoms with Gasteiger partial charge in [-0.3, -0.25) is 0 Å². The number of rotatable bonds is 7. The van der Waals surface area contributed by atoms with E-state index in [2.05, 4.69) is 0 Å². The van der Waals surface area contributed by atoms with Gasteiger partial charge in [0.25, 0.3) is 0 Å². The molecule has 0 heterocycles. The van der Waals surface area contributed by atoms with Gasteiger partial charge in [-0.15, -0.1) is 0 Å². The summed E-state index contributed by atoms with van der Waals surface area (Å²) in [5, 5.41) is 9.18. The zero-order valence-electron chi connectivity index (χ0n) is 13.0. The van der Waals surface area contributed by atoms with Gasteiger partial charge >= 0.3 is 5.97 Å². The van der Waals surface area contributed by atoms with Gasteiger partial charge in [0, 0.05) is 13.1 Å². The van der Waals surface area contributed by atoms with E-state index in [1.807, 2.05) is 6.92 Å². The van der Waals surface area contributed by atoms with Crippen LogP contribution in [0.25, 0.3) is 0 Å². The first kappa shape index (κ1) is 17.7. The molecular formula is C15H23NO4S. The van der Waals surface area contributed by atoms with E-state index in [-0.39, 0.29) is 10.5 Å². The molecular weight excluding hydrogens is 290 g/mol. The Bertz CT molecular complexity index is 623. The minimum Gasteiger partial charge on any atom is -0.478 e. The average molecular weight is 313 g/mol. The van der Waals surface area contributed by atoms with E-state index in [0.717, 1.165) is 12.8 Å². The molecule has 0 saturated heterocycles. The van der Waals surface area contributed by atoms with Crippen molar-refractivity contribution < 1.29 is 18.3 Å². The van der Waals surface area contributed by atoms with Gasteiger partial charge in [-0.25, -0.2) is 13.2 Å². The van der Waals surface area contributed by atoms with Crippen molar-refractivity contribution in [2.24, 2.45) is 0 Å². The number of sulfonamides is 1. The number of carboxylic acid groups (broad SMARTS) is 1. The standard InChI is InChI=1S/C15H23NO4S/c1-5-7-8-16(6-2)21(19,20)14-10-13(15(17)18)11(3)9-12(14)4/h9-10H,5-8H2,1-4H3,(H,17,18).